The third-order valence-corrected chi connectivity index (χ3v) is 3.65. The summed E-state index contributed by atoms with van der Waals surface area (Å²) in [6.45, 7) is 1.42. The van der Waals surface area contributed by atoms with Crippen LogP contribution >= 0.6 is 34.8 Å². The lowest BCUT2D eigenvalue weighted by Crippen LogP contribution is -2.43. The van der Waals surface area contributed by atoms with Gasteiger partial charge in [0.25, 0.3) is 0 Å². The maximum absolute atomic E-state index is 12.2. The number of carbonyl (C=O) groups excluding carboxylic acids is 2. The Morgan fingerprint density at radius 3 is 2.42 bits per heavy atom. The quantitative estimate of drug-likeness (QED) is 0.363. The van der Waals surface area contributed by atoms with E-state index in [1.807, 2.05) is 0 Å². The number of unbranched alkanes of at least 4 members (excludes halogenated alkanes) is 1. The van der Waals surface area contributed by atoms with Crippen LogP contribution in [0.25, 0.3) is 0 Å². The molecule has 0 unspecified atom stereocenters. The summed E-state index contributed by atoms with van der Waals surface area (Å²) in [4.78, 5) is 23.7. The Morgan fingerprint density at radius 2 is 1.85 bits per heavy atom. The van der Waals surface area contributed by atoms with Gasteiger partial charge in [-0.15, -0.1) is 0 Å². The number of hydrogen-bond acceptors (Lipinski definition) is 3. The number of esters is 1. The Hall–Kier alpha value is -1.59. The van der Waals surface area contributed by atoms with Gasteiger partial charge in [-0.05, 0) is 25.3 Å². The number of ether oxygens (including phenoxy) is 1. The largest absolute Gasteiger partial charge is 0.469 e. The summed E-state index contributed by atoms with van der Waals surface area (Å²) in [5.41, 5.74) is 1.34. The van der Waals surface area contributed by atoms with Crippen LogP contribution in [0.3, 0.4) is 0 Å². The first-order valence-corrected chi connectivity index (χ1v) is 9.19. The molecule has 0 spiro atoms. The zero-order valence-electron chi connectivity index (χ0n) is 14.8. The van der Waals surface area contributed by atoms with Gasteiger partial charge < -0.3 is 10.1 Å². The van der Waals surface area contributed by atoms with Crippen molar-refractivity contribution in [3.8, 4) is 23.7 Å². The molecule has 0 radical (unpaired) electrons. The molecule has 0 heterocycles. The molecule has 0 fully saturated rings. The standard InChI is InChI=1S/C19H22Cl3NO3/c1-15(24)23-17(12-8-4-3-5-10-14-20)16(19(25)26-2)11-7-6-9-13-18(21)22/h10,13-14,16-17H,4,7-8,11-12H2,1-2H3,(H,23,24)/b14-10-/t16-,17-/m1/s1. The molecule has 26 heavy (non-hydrogen) atoms. The summed E-state index contributed by atoms with van der Waals surface area (Å²) < 4.78 is 4.96. The fourth-order valence-corrected chi connectivity index (χ4v) is 2.42. The number of hydrogen-bond donors (Lipinski definition) is 1. The van der Waals surface area contributed by atoms with Crippen molar-refractivity contribution >= 4 is 46.7 Å². The van der Waals surface area contributed by atoms with Crippen LogP contribution in [0.5, 0.6) is 0 Å². The van der Waals surface area contributed by atoms with Crippen molar-refractivity contribution in [3.63, 3.8) is 0 Å². The number of amides is 1. The first kappa shape index (κ1) is 24.4. The van der Waals surface area contributed by atoms with Gasteiger partial charge in [0.15, 0.2) is 0 Å². The van der Waals surface area contributed by atoms with Gasteiger partial charge in [-0.2, -0.15) is 0 Å². The molecule has 0 aromatic rings. The first-order chi connectivity index (χ1) is 12.4. The second kappa shape index (κ2) is 15.6. The predicted octanol–water partition coefficient (Wildman–Crippen LogP) is 4.31. The van der Waals surface area contributed by atoms with Crippen molar-refractivity contribution in [2.75, 3.05) is 7.11 Å². The van der Waals surface area contributed by atoms with E-state index >= 15 is 0 Å². The van der Waals surface area contributed by atoms with E-state index in [0.717, 1.165) is 6.42 Å². The molecule has 0 saturated carbocycles. The van der Waals surface area contributed by atoms with Crippen molar-refractivity contribution in [3.05, 3.63) is 22.2 Å². The maximum atomic E-state index is 12.2. The number of nitrogens with one attached hydrogen (secondary N) is 1. The number of carbonyl (C=O) groups is 2. The van der Waals surface area contributed by atoms with Crippen molar-refractivity contribution in [2.45, 2.75) is 45.1 Å². The normalized spacial score (nSPS) is 12.0. The predicted molar refractivity (Wildman–Crippen MR) is 107 cm³/mol. The van der Waals surface area contributed by atoms with E-state index in [4.69, 9.17) is 39.5 Å². The average molecular weight is 419 g/mol. The van der Waals surface area contributed by atoms with E-state index in [0.29, 0.717) is 25.7 Å². The molecule has 4 nitrogen and oxygen atoms in total. The Labute approximate surface area is 170 Å². The third-order valence-electron chi connectivity index (χ3n) is 3.31. The summed E-state index contributed by atoms with van der Waals surface area (Å²) in [6, 6.07) is -0.348. The molecule has 1 amide bonds. The van der Waals surface area contributed by atoms with Crippen molar-refractivity contribution in [2.24, 2.45) is 5.92 Å². The highest BCUT2D eigenvalue weighted by Gasteiger charge is 2.29. The van der Waals surface area contributed by atoms with Crippen LogP contribution in [-0.4, -0.2) is 25.0 Å². The molecular weight excluding hydrogens is 397 g/mol. The van der Waals surface area contributed by atoms with E-state index in [-0.39, 0.29) is 22.4 Å². The molecule has 0 saturated heterocycles. The van der Waals surface area contributed by atoms with E-state index in [1.54, 1.807) is 6.08 Å². The van der Waals surface area contributed by atoms with Gasteiger partial charge >= 0.3 is 5.97 Å². The number of methoxy groups -OCH3 is 1. The van der Waals surface area contributed by atoms with Crippen molar-refractivity contribution in [1.29, 1.82) is 0 Å². The fraction of sp³-hybridized carbons (Fsp3) is 0.474. The molecule has 0 rings (SSSR count). The lowest BCUT2D eigenvalue weighted by molar-refractivity contribution is -0.147. The lowest BCUT2D eigenvalue weighted by Gasteiger charge is -2.25. The lowest BCUT2D eigenvalue weighted by atomic mass is 9.90. The number of rotatable bonds is 8. The molecular formula is C19H22Cl3NO3. The summed E-state index contributed by atoms with van der Waals surface area (Å²) >= 11 is 16.4. The number of halogens is 3. The van der Waals surface area contributed by atoms with Crippen LogP contribution in [0.1, 0.15) is 39.0 Å². The Balaban J connectivity index is 4.95. The van der Waals surface area contributed by atoms with Crippen LogP contribution in [0.4, 0.5) is 0 Å². The van der Waals surface area contributed by atoms with E-state index < -0.39 is 5.92 Å². The van der Waals surface area contributed by atoms with Gasteiger partial charge in [0.05, 0.1) is 13.0 Å². The van der Waals surface area contributed by atoms with Crippen LogP contribution < -0.4 is 5.32 Å². The zero-order chi connectivity index (χ0) is 19.8. The summed E-state index contributed by atoms with van der Waals surface area (Å²) in [5, 5.41) is 2.83. The molecule has 0 aliphatic rings. The Bertz CT molecular complexity index is 632. The second-order valence-electron chi connectivity index (χ2n) is 5.24. The Morgan fingerprint density at radius 1 is 1.15 bits per heavy atom. The minimum atomic E-state index is -0.496. The zero-order valence-corrected chi connectivity index (χ0v) is 17.0. The highest BCUT2D eigenvalue weighted by atomic mass is 35.5. The van der Waals surface area contributed by atoms with Gasteiger partial charge in [-0.3, -0.25) is 9.59 Å². The molecule has 0 aromatic heterocycles. The van der Waals surface area contributed by atoms with Gasteiger partial charge in [-0.25, -0.2) is 0 Å². The monoisotopic (exact) mass is 417 g/mol. The minimum Gasteiger partial charge on any atom is -0.469 e. The summed E-state index contributed by atoms with van der Waals surface area (Å²) in [6.07, 6.45) is 5.74. The van der Waals surface area contributed by atoms with Gasteiger partial charge in [0.2, 0.25) is 5.91 Å². The molecule has 0 bridgehead atoms. The van der Waals surface area contributed by atoms with Crippen LogP contribution in [0.15, 0.2) is 22.2 Å². The summed E-state index contributed by atoms with van der Waals surface area (Å²) in [5.74, 6) is 10.2. The van der Waals surface area contributed by atoms with Gasteiger partial charge in [-0.1, -0.05) is 58.5 Å². The molecule has 7 heteroatoms. The van der Waals surface area contributed by atoms with Crippen LogP contribution in [0.2, 0.25) is 0 Å². The molecule has 2 atom stereocenters. The van der Waals surface area contributed by atoms with E-state index in [1.165, 1.54) is 25.6 Å². The first-order valence-electron chi connectivity index (χ1n) is 8.00. The molecule has 0 aromatic carbocycles. The van der Waals surface area contributed by atoms with Crippen molar-refractivity contribution < 1.29 is 14.3 Å². The summed E-state index contributed by atoms with van der Waals surface area (Å²) in [7, 11) is 1.33. The second-order valence-corrected chi connectivity index (χ2v) is 6.50. The molecule has 0 aliphatic heterocycles. The maximum Gasteiger partial charge on any atom is 0.310 e. The SMILES string of the molecule is COC(=O)[C@H](CCC#CC=C(Cl)Cl)[C@@H](CCCC#C/C=C\Cl)NC(C)=O. The van der Waals surface area contributed by atoms with Crippen LogP contribution in [-0.2, 0) is 14.3 Å². The average Bonchev–Trinajstić information content (AvgIpc) is 2.59. The van der Waals surface area contributed by atoms with Crippen LogP contribution in [0, 0.1) is 29.6 Å². The van der Waals surface area contributed by atoms with Crippen molar-refractivity contribution in [1.82, 2.24) is 5.32 Å². The topological polar surface area (TPSA) is 55.4 Å². The highest BCUT2D eigenvalue weighted by molar-refractivity contribution is 6.56. The van der Waals surface area contributed by atoms with Gasteiger partial charge in [0.1, 0.15) is 4.49 Å². The van der Waals surface area contributed by atoms with Gasteiger partial charge in [0, 0.05) is 37.4 Å². The highest BCUT2D eigenvalue weighted by Crippen LogP contribution is 2.18. The molecule has 1 N–H and O–H groups in total. The molecule has 142 valence electrons. The smallest absolute Gasteiger partial charge is 0.310 e. The number of allylic oxidation sites excluding steroid dienone is 2. The molecule has 0 aliphatic carbocycles. The fourth-order valence-electron chi connectivity index (χ4n) is 2.25. The Kier molecular flexibility index (Phi) is 14.7. The van der Waals surface area contributed by atoms with E-state index in [9.17, 15) is 9.59 Å². The minimum absolute atomic E-state index is 0.0725. The third kappa shape index (κ3) is 12.7. The van der Waals surface area contributed by atoms with E-state index in [2.05, 4.69) is 29.0 Å².